The van der Waals surface area contributed by atoms with Crippen molar-refractivity contribution in [1.29, 1.82) is 0 Å². The van der Waals surface area contributed by atoms with Crippen LogP contribution in [0.15, 0.2) is 83.7 Å². The van der Waals surface area contributed by atoms with E-state index in [1.807, 2.05) is 61.5 Å². The van der Waals surface area contributed by atoms with Gasteiger partial charge in [0.2, 0.25) is 5.91 Å². The Morgan fingerprint density at radius 3 is 2.48 bits per heavy atom. The maximum atomic E-state index is 13.3. The van der Waals surface area contributed by atoms with Gasteiger partial charge < -0.3 is 10.6 Å². The predicted octanol–water partition coefficient (Wildman–Crippen LogP) is 5.21. The number of carbonyl (C=O) groups excluding carboxylic acids is 1. The number of aryl methyl sites for hydroxylation is 1. The van der Waals surface area contributed by atoms with Crippen LogP contribution >= 0.6 is 11.6 Å². The van der Waals surface area contributed by atoms with Gasteiger partial charge in [0, 0.05) is 28.5 Å². The number of pyridine rings is 1. The molecular formula is C25H22ClN3O2. The van der Waals surface area contributed by atoms with E-state index in [1.165, 1.54) is 4.57 Å². The fraction of sp³-hybridized carbons (Fsp3) is 0.120. The Hall–Kier alpha value is -3.57. The number of rotatable bonds is 6. The summed E-state index contributed by atoms with van der Waals surface area (Å²) < 4.78 is 1.53. The summed E-state index contributed by atoms with van der Waals surface area (Å²) in [7, 11) is 0. The number of fused-ring (bicyclic) bond motifs is 1. The molecule has 0 aliphatic heterocycles. The highest BCUT2D eigenvalue weighted by Gasteiger charge is 2.13. The number of nitrogens with one attached hydrogen (secondary N) is 2. The lowest BCUT2D eigenvalue weighted by atomic mass is 10.1. The van der Waals surface area contributed by atoms with E-state index in [4.69, 9.17) is 11.6 Å². The van der Waals surface area contributed by atoms with Gasteiger partial charge in [-0.05, 0) is 60.3 Å². The molecule has 0 saturated carbocycles. The van der Waals surface area contributed by atoms with Crippen molar-refractivity contribution < 1.29 is 4.79 Å². The summed E-state index contributed by atoms with van der Waals surface area (Å²) in [5.74, 6) is -0.291. The van der Waals surface area contributed by atoms with E-state index in [1.54, 1.807) is 24.3 Å². The normalized spacial score (nSPS) is 10.8. The van der Waals surface area contributed by atoms with Crippen LogP contribution in [0.25, 0.3) is 10.9 Å². The second-order valence-corrected chi connectivity index (χ2v) is 7.84. The Labute approximate surface area is 185 Å². The average molecular weight is 432 g/mol. The van der Waals surface area contributed by atoms with E-state index in [9.17, 15) is 9.59 Å². The van der Waals surface area contributed by atoms with Crippen molar-refractivity contribution in [3.63, 3.8) is 0 Å². The van der Waals surface area contributed by atoms with Gasteiger partial charge in [-0.1, -0.05) is 48.0 Å². The van der Waals surface area contributed by atoms with Crippen molar-refractivity contribution in [2.24, 2.45) is 0 Å². The van der Waals surface area contributed by atoms with Gasteiger partial charge in [0.05, 0.1) is 5.52 Å². The maximum Gasteiger partial charge on any atom is 0.256 e. The van der Waals surface area contributed by atoms with Gasteiger partial charge in [-0.15, -0.1) is 0 Å². The Balaban J connectivity index is 1.66. The van der Waals surface area contributed by atoms with Gasteiger partial charge in [-0.25, -0.2) is 0 Å². The largest absolute Gasteiger partial charge is 0.381 e. The molecule has 0 spiro atoms. The summed E-state index contributed by atoms with van der Waals surface area (Å²) in [6, 6.07) is 24.4. The van der Waals surface area contributed by atoms with Crippen LogP contribution in [0, 0.1) is 6.92 Å². The van der Waals surface area contributed by atoms with E-state index < -0.39 is 0 Å². The molecule has 4 aromatic rings. The third kappa shape index (κ3) is 4.95. The molecule has 6 heteroatoms. The zero-order valence-corrected chi connectivity index (χ0v) is 17.8. The zero-order chi connectivity index (χ0) is 21.8. The van der Waals surface area contributed by atoms with Gasteiger partial charge in [0.25, 0.3) is 5.56 Å². The minimum absolute atomic E-state index is 0.0928. The molecule has 0 radical (unpaired) electrons. The molecule has 1 aromatic heterocycles. The Morgan fingerprint density at radius 1 is 0.935 bits per heavy atom. The van der Waals surface area contributed by atoms with Crippen molar-refractivity contribution in [3.05, 3.63) is 105 Å². The highest BCUT2D eigenvalue weighted by Crippen LogP contribution is 2.18. The fourth-order valence-electron chi connectivity index (χ4n) is 3.49. The topological polar surface area (TPSA) is 63.1 Å². The second-order valence-electron chi connectivity index (χ2n) is 7.40. The average Bonchev–Trinajstić information content (AvgIpc) is 2.75. The first-order valence-corrected chi connectivity index (χ1v) is 10.3. The lowest BCUT2D eigenvalue weighted by Crippen LogP contribution is -2.30. The number of hydrogen-bond acceptors (Lipinski definition) is 3. The van der Waals surface area contributed by atoms with Gasteiger partial charge >= 0.3 is 0 Å². The summed E-state index contributed by atoms with van der Waals surface area (Å²) >= 11 is 6.00. The predicted molar refractivity (Wildman–Crippen MR) is 127 cm³/mol. The first-order valence-electron chi connectivity index (χ1n) is 9.97. The SMILES string of the molecule is Cc1ccc2cc(CNc3ccccc3)c(=O)n(CC(=O)Nc3cccc(Cl)c3)c2c1. The summed E-state index contributed by atoms with van der Waals surface area (Å²) in [5, 5.41) is 7.53. The molecule has 4 rings (SSSR count). The van der Waals surface area contributed by atoms with Crippen LogP contribution in [0.1, 0.15) is 11.1 Å². The fourth-order valence-corrected chi connectivity index (χ4v) is 3.68. The molecule has 1 heterocycles. The lowest BCUT2D eigenvalue weighted by molar-refractivity contribution is -0.116. The third-order valence-electron chi connectivity index (χ3n) is 4.99. The monoisotopic (exact) mass is 431 g/mol. The molecule has 0 atom stereocenters. The quantitative estimate of drug-likeness (QED) is 0.440. The van der Waals surface area contributed by atoms with Crippen molar-refractivity contribution >= 4 is 39.8 Å². The van der Waals surface area contributed by atoms with Crippen molar-refractivity contribution in [3.8, 4) is 0 Å². The standard InChI is InChI=1S/C25H22ClN3O2/c1-17-10-11-18-13-19(15-27-21-7-3-2-4-8-21)25(31)29(23(18)12-17)16-24(30)28-22-9-5-6-20(26)14-22/h2-14,27H,15-16H2,1H3,(H,28,30). The van der Waals surface area contributed by atoms with Crippen LogP contribution in [0.5, 0.6) is 0 Å². The van der Waals surface area contributed by atoms with Crippen LogP contribution in [0.4, 0.5) is 11.4 Å². The maximum absolute atomic E-state index is 13.3. The molecule has 0 fully saturated rings. The Bertz CT molecular complexity index is 1300. The van der Waals surface area contributed by atoms with E-state index in [2.05, 4.69) is 10.6 Å². The number of aromatic nitrogens is 1. The van der Waals surface area contributed by atoms with E-state index in [0.29, 0.717) is 22.8 Å². The van der Waals surface area contributed by atoms with E-state index >= 15 is 0 Å². The first-order chi connectivity index (χ1) is 15.0. The van der Waals surface area contributed by atoms with Crippen LogP contribution in [-0.2, 0) is 17.9 Å². The molecule has 0 unspecified atom stereocenters. The highest BCUT2D eigenvalue weighted by atomic mass is 35.5. The molecule has 0 aliphatic rings. The lowest BCUT2D eigenvalue weighted by Gasteiger charge is -2.15. The van der Waals surface area contributed by atoms with Gasteiger partial charge in [-0.2, -0.15) is 0 Å². The second kappa shape index (κ2) is 9.06. The first kappa shape index (κ1) is 20.7. The number of para-hydroxylation sites is 1. The minimum atomic E-state index is -0.291. The van der Waals surface area contributed by atoms with Crippen LogP contribution in [0.2, 0.25) is 5.02 Å². The molecule has 0 bridgehead atoms. The molecular weight excluding hydrogens is 410 g/mol. The number of halogens is 1. The summed E-state index contributed by atoms with van der Waals surface area (Å²) in [5.41, 5.74) is 3.67. The third-order valence-corrected chi connectivity index (χ3v) is 5.23. The summed E-state index contributed by atoms with van der Waals surface area (Å²) in [6.45, 7) is 2.23. The molecule has 2 N–H and O–H groups in total. The molecule has 31 heavy (non-hydrogen) atoms. The summed E-state index contributed by atoms with van der Waals surface area (Å²) in [4.78, 5) is 26.0. The van der Waals surface area contributed by atoms with E-state index in [-0.39, 0.29) is 18.0 Å². The van der Waals surface area contributed by atoms with Gasteiger partial charge in [0.15, 0.2) is 0 Å². The smallest absolute Gasteiger partial charge is 0.256 e. The minimum Gasteiger partial charge on any atom is -0.381 e. The van der Waals surface area contributed by atoms with Gasteiger partial charge in [-0.3, -0.25) is 14.2 Å². The van der Waals surface area contributed by atoms with Crippen molar-refractivity contribution in [2.45, 2.75) is 20.0 Å². The summed E-state index contributed by atoms with van der Waals surface area (Å²) in [6.07, 6.45) is 0. The number of benzene rings is 3. The number of carbonyl (C=O) groups is 1. The molecule has 0 aliphatic carbocycles. The molecule has 1 amide bonds. The Morgan fingerprint density at radius 2 is 1.71 bits per heavy atom. The van der Waals surface area contributed by atoms with Crippen LogP contribution < -0.4 is 16.2 Å². The van der Waals surface area contributed by atoms with Crippen LogP contribution in [0.3, 0.4) is 0 Å². The van der Waals surface area contributed by atoms with Crippen LogP contribution in [-0.4, -0.2) is 10.5 Å². The van der Waals surface area contributed by atoms with Gasteiger partial charge in [0.1, 0.15) is 6.54 Å². The zero-order valence-electron chi connectivity index (χ0n) is 17.1. The number of anilines is 2. The Kier molecular flexibility index (Phi) is 6.05. The highest BCUT2D eigenvalue weighted by molar-refractivity contribution is 6.30. The van der Waals surface area contributed by atoms with Crippen molar-refractivity contribution in [2.75, 3.05) is 10.6 Å². The van der Waals surface area contributed by atoms with E-state index in [0.717, 1.165) is 22.2 Å². The van der Waals surface area contributed by atoms with Crippen molar-refractivity contribution in [1.82, 2.24) is 4.57 Å². The molecule has 156 valence electrons. The number of nitrogens with zero attached hydrogens (tertiary/aromatic N) is 1. The molecule has 0 saturated heterocycles. The number of amides is 1. The molecule has 3 aromatic carbocycles. The number of hydrogen-bond donors (Lipinski definition) is 2. The molecule has 5 nitrogen and oxygen atoms in total.